The molecule has 2 aromatic rings. The van der Waals surface area contributed by atoms with E-state index in [1.54, 1.807) is 54.6 Å². The fourth-order valence-electron chi connectivity index (χ4n) is 2.85. The van der Waals surface area contributed by atoms with Crippen molar-refractivity contribution in [2.24, 2.45) is 0 Å². The number of hydrogen-bond donors (Lipinski definition) is 2. The molecule has 0 radical (unpaired) electrons. The maximum atomic E-state index is 14.9. The Labute approximate surface area is 127 Å². The van der Waals surface area contributed by atoms with Gasteiger partial charge in [0, 0.05) is 11.4 Å². The van der Waals surface area contributed by atoms with Crippen molar-refractivity contribution < 1.29 is 8.78 Å². The number of benzene rings is 2. The third-order valence-electron chi connectivity index (χ3n) is 4.02. The van der Waals surface area contributed by atoms with E-state index < -0.39 is 11.3 Å². The maximum Gasteiger partial charge on any atom is 0.283 e. The summed E-state index contributed by atoms with van der Waals surface area (Å²) in [6, 6.07) is 13.1. The van der Waals surface area contributed by atoms with Gasteiger partial charge < -0.3 is 11.5 Å². The van der Waals surface area contributed by atoms with Crippen LogP contribution in [0.15, 0.2) is 72.8 Å². The van der Waals surface area contributed by atoms with Gasteiger partial charge in [0.1, 0.15) is 5.41 Å². The fraction of sp³-hybridized carbons (Fsp3) is 0.111. The Bertz CT molecular complexity index is 683. The molecular formula is C18H16F2N2. The second-order valence-electron chi connectivity index (χ2n) is 5.39. The highest BCUT2D eigenvalue weighted by Crippen LogP contribution is 2.49. The normalized spacial score (nSPS) is 18.3. The molecule has 0 bridgehead atoms. The SMILES string of the molecule is Nc1ccc(C2(c3ccc(N)cc3)C=CC=CC2(F)F)cc1. The van der Waals surface area contributed by atoms with Crippen molar-refractivity contribution in [3.05, 3.63) is 84.0 Å². The zero-order valence-electron chi connectivity index (χ0n) is 11.8. The van der Waals surface area contributed by atoms with Gasteiger partial charge in [0.05, 0.1) is 0 Å². The number of alkyl halides is 2. The van der Waals surface area contributed by atoms with E-state index >= 15 is 0 Å². The molecule has 2 aromatic carbocycles. The average Bonchev–Trinajstić information content (AvgIpc) is 2.49. The molecular weight excluding hydrogens is 282 g/mol. The van der Waals surface area contributed by atoms with Gasteiger partial charge in [0.15, 0.2) is 0 Å². The number of halogens is 2. The second-order valence-corrected chi connectivity index (χ2v) is 5.39. The van der Waals surface area contributed by atoms with Gasteiger partial charge in [-0.1, -0.05) is 42.5 Å². The Kier molecular flexibility index (Phi) is 3.24. The molecule has 0 saturated carbocycles. The molecule has 112 valence electrons. The highest BCUT2D eigenvalue weighted by molar-refractivity contribution is 5.55. The number of hydrogen-bond acceptors (Lipinski definition) is 2. The van der Waals surface area contributed by atoms with E-state index in [1.807, 2.05) is 0 Å². The first-order chi connectivity index (χ1) is 10.5. The van der Waals surface area contributed by atoms with Gasteiger partial charge in [0.25, 0.3) is 5.92 Å². The van der Waals surface area contributed by atoms with Crippen LogP contribution in [0.25, 0.3) is 0 Å². The maximum absolute atomic E-state index is 14.9. The Morgan fingerprint density at radius 2 is 1.05 bits per heavy atom. The molecule has 3 rings (SSSR count). The molecule has 1 aliphatic carbocycles. The van der Waals surface area contributed by atoms with Crippen molar-refractivity contribution in [1.29, 1.82) is 0 Å². The number of allylic oxidation sites excluding steroid dienone is 4. The van der Waals surface area contributed by atoms with Gasteiger partial charge in [-0.25, -0.2) is 8.78 Å². The highest BCUT2D eigenvalue weighted by atomic mass is 19.3. The van der Waals surface area contributed by atoms with E-state index in [4.69, 9.17) is 11.5 Å². The standard InChI is InChI=1S/C18H16F2N2/c19-18(20)12-2-1-11-17(18,13-3-7-15(21)8-4-13)14-5-9-16(22)10-6-14/h1-12H,21-22H2. The van der Waals surface area contributed by atoms with E-state index in [9.17, 15) is 8.78 Å². The minimum Gasteiger partial charge on any atom is -0.399 e. The van der Waals surface area contributed by atoms with Crippen molar-refractivity contribution in [3.63, 3.8) is 0 Å². The van der Waals surface area contributed by atoms with E-state index in [0.29, 0.717) is 22.5 Å². The van der Waals surface area contributed by atoms with Crippen LogP contribution < -0.4 is 11.5 Å². The number of anilines is 2. The number of nitrogens with two attached hydrogens (primary N) is 2. The van der Waals surface area contributed by atoms with Gasteiger partial charge in [-0.3, -0.25) is 0 Å². The Morgan fingerprint density at radius 1 is 0.636 bits per heavy atom. The van der Waals surface area contributed by atoms with Gasteiger partial charge in [-0.15, -0.1) is 0 Å². The summed E-state index contributed by atoms with van der Waals surface area (Å²) in [5.74, 6) is -3.06. The smallest absolute Gasteiger partial charge is 0.283 e. The van der Waals surface area contributed by atoms with Gasteiger partial charge in [-0.05, 0) is 41.5 Å². The molecule has 2 nitrogen and oxygen atoms in total. The molecule has 0 atom stereocenters. The van der Waals surface area contributed by atoms with Crippen molar-refractivity contribution in [1.82, 2.24) is 0 Å². The van der Waals surface area contributed by atoms with E-state index in [1.165, 1.54) is 12.2 Å². The van der Waals surface area contributed by atoms with Crippen molar-refractivity contribution in [3.8, 4) is 0 Å². The Balaban J connectivity index is 2.27. The summed E-state index contributed by atoms with van der Waals surface area (Å²) in [7, 11) is 0. The predicted octanol–water partition coefficient (Wildman–Crippen LogP) is 3.90. The zero-order valence-corrected chi connectivity index (χ0v) is 11.8. The molecule has 22 heavy (non-hydrogen) atoms. The van der Waals surface area contributed by atoms with Crippen LogP contribution in [0.3, 0.4) is 0 Å². The molecule has 0 spiro atoms. The highest BCUT2D eigenvalue weighted by Gasteiger charge is 2.53. The minimum absolute atomic E-state index is 0.483. The van der Waals surface area contributed by atoms with E-state index in [-0.39, 0.29) is 0 Å². The topological polar surface area (TPSA) is 52.0 Å². The molecule has 0 aromatic heterocycles. The summed E-state index contributed by atoms with van der Waals surface area (Å²) in [4.78, 5) is 0. The number of nitrogen functional groups attached to an aromatic ring is 2. The van der Waals surface area contributed by atoms with Crippen LogP contribution in [0, 0.1) is 0 Å². The van der Waals surface area contributed by atoms with Gasteiger partial charge in [-0.2, -0.15) is 0 Å². The van der Waals surface area contributed by atoms with E-state index in [2.05, 4.69) is 0 Å². The predicted molar refractivity (Wildman–Crippen MR) is 85.7 cm³/mol. The van der Waals surface area contributed by atoms with Crippen molar-refractivity contribution in [2.75, 3.05) is 11.5 Å². The molecule has 4 heteroatoms. The van der Waals surface area contributed by atoms with Crippen molar-refractivity contribution in [2.45, 2.75) is 11.3 Å². The summed E-state index contributed by atoms with van der Waals surface area (Å²) in [5, 5.41) is 0. The molecule has 0 heterocycles. The lowest BCUT2D eigenvalue weighted by Gasteiger charge is -2.39. The Morgan fingerprint density at radius 3 is 1.45 bits per heavy atom. The quantitative estimate of drug-likeness (QED) is 0.826. The summed E-state index contributed by atoms with van der Waals surface area (Å²) < 4.78 is 29.8. The molecule has 4 N–H and O–H groups in total. The summed E-state index contributed by atoms with van der Waals surface area (Å²) >= 11 is 0. The third-order valence-corrected chi connectivity index (χ3v) is 4.02. The van der Waals surface area contributed by atoms with Crippen LogP contribution in [-0.2, 0) is 5.41 Å². The number of rotatable bonds is 2. The lowest BCUT2D eigenvalue weighted by atomic mass is 9.68. The van der Waals surface area contributed by atoms with Crippen LogP contribution in [0.5, 0.6) is 0 Å². The zero-order chi connectivity index (χ0) is 15.8. The molecule has 0 fully saturated rings. The molecule has 1 aliphatic rings. The van der Waals surface area contributed by atoms with Crippen LogP contribution in [0.2, 0.25) is 0 Å². The third kappa shape index (κ3) is 2.08. The second kappa shape index (κ2) is 4.98. The fourth-order valence-corrected chi connectivity index (χ4v) is 2.85. The lowest BCUT2D eigenvalue weighted by molar-refractivity contribution is 0.00441. The van der Waals surface area contributed by atoms with Crippen molar-refractivity contribution >= 4 is 11.4 Å². The Hall–Kier alpha value is -2.62. The summed E-state index contributed by atoms with van der Waals surface area (Å²) in [5.41, 5.74) is 11.9. The molecule has 0 amide bonds. The van der Waals surface area contributed by atoms with Crippen LogP contribution >= 0.6 is 0 Å². The molecule has 0 unspecified atom stereocenters. The van der Waals surface area contributed by atoms with Crippen LogP contribution in [0.4, 0.5) is 20.2 Å². The first kappa shape index (κ1) is 14.3. The molecule has 0 saturated heterocycles. The van der Waals surface area contributed by atoms with Crippen LogP contribution in [0.1, 0.15) is 11.1 Å². The molecule has 0 aliphatic heterocycles. The van der Waals surface area contributed by atoms with E-state index in [0.717, 1.165) is 6.08 Å². The average molecular weight is 298 g/mol. The lowest BCUT2D eigenvalue weighted by Crippen LogP contribution is -2.44. The minimum atomic E-state index is -3.06. The monoisotopic (exact) mass is 298 g/mol. The first-order valence-electron chi connectivity index (χ1n) is 6.93. The van der Waals surface area contributed by atoms with Crippen LogP contribution in [-0.4, -0.2) is 5.92 Å². The first-order valence-corrected chi connectivity index (χ1v) is 6.93. The summed E-state index contributed by atoms with van der Waals surface area (Å²) in [6.45, 7) is 0. The largest absolute Gasteiger partial charge is 0.399 e. The van der Waals surface area contributed by atoms with Gasteiger partial charge >= 0.3 is 0 Å². The van der Waals surface area contributed by atoms with Gasteiger partial charge in [0.2, 0.25) is 0 Å². The summed E-state index contributed by atoms with van der Waals surface area (Å²) in [6.07, 6.45) is 5.47.